The van der Waals surface area contributed by atoms with Gasteiger partial charge in [0.25, 0.3) is 5.91 Å². The summed E-state index contributed by atoms with van der Waals surface area (Å²) in [7, 11) is 1.57. The molecule has 0 heterocycles. The summed E-state index contributed by atoms with van der Waals surface area (Å²) in [5.41, 5.74) is 0.222. The van der Waals surface area contributed by atoms with Crippen LogP contribution < -0.4 is 0 Å². The average molecular weight is 255 g/mol. The van der Waals surface area contributed by atoms with Gasteiger partial charge in [-0.3, -0.25) is 4.79 Å². The molecule has 1 rings (SSSR count). The van der Waals surface area contributed by atoms with E-state index in [4.69, 9.17) is 16.9 Å². The summed E-state index contributed by atoms with van der Waals surface area (Å²) < 4.78 is 13.2. The van der Waals surface area contributed by atoms with Crippen LogP contribution in [0.1, 0.15) is 17.3 Å². The molecule has 0 saturated carbocycles. The van der Waals surface area contributed by atoms with Gasteiger partial charge in [-0.1, -0.05) is 11.6 Å². The summed E-state index contributed by atoms with van der Waals surface area (Å²) in [6, 6.07) is 5.93. The lowest BCUT2D eigenvalue weighted by Crippen LogP contribution is -2.30. The third kappa shape index (κ3) is 3.43. The molecule has 1 amide bonds. The summed E-state index contributed by atoms with van der Waals surface area (Å²) in [6.45, 7) is 2.02. The topological polar surface area (TPSA) is 44.1 Å². The molecule has 0 aromatic heterocycles. The molecule has 0 spiro atoms. The van der Waals surface area contributed by atoms with Crippen molar-refractivity contribution in [1.29, 1.82) is 5.26 Å². The van der Waals surface area contributed by atoms with Crippen molar-refractivity contribution >= 4 is 17.5 Å². The Kier molecular flexibility index (Phi) is 4.47. The molecule has 90 valence electrons. The van der Waals surface area contributed by atoms with E-state index in [9.17, 15) is 9.18 Å². The lowest BCUT2D eigenvalue weighted by atomic mass is 10.1. The highest BCUT2D eigenvalue weighted by molar-refractivity contribution is 6.30. The molecule has 0 bridgehead atoms. The smallest absolute Gasteiger partial charge is 0.253 e. The maximum atomic E-state index is 13.2. The van der Waals surface area contributed by atoms with Gasteiger partial charge in [0.2, 0.25) is 0 Å². The number of amides is 1. The maximum absolute atomic E-state index is 13.2. The molecular formula is C12H12ClFN2O. The van der Waals surface area contributed by atoms with Crippen molar-refractivity contribution in [3.63, 3.8) is 0 Å². The Morgan fingerprint density at radius 1 is 1.65 bits per heavy atom. The van der Waals surface area contributed by atoms with Crippen LogP contribution in [0.2, 0.25) is 5.02 Å². The van der Waals surface area contributed by atoms with Crippen LogP contribution in [0.15, 0.2) is 18.2 Å². The van der Waals surface area contributed by atoms with Crippen LogP contribution in [0.3, 0.4) is 0 Å². The minimum Gasteiger partial charge on any atom is -0.340 e. The number of nitriles is 1. The molecule has 5 heteroatoms. The first-order valence-electron chi connectivity index (χ1n) is 5.06. The third-order valence-electron chi connectivity index (χ3n) is 2.28. The number of rotatable bonds is 3. The first kappa shape index (κ1) is 13.5. The van der Waals surface area contributed by atoms with E-state index in [1.54, 1.807) is 14.0 Å². The Labute approximate surface area is 104 Å². The standard InChI is InChI=1S/C12H12ClFN2O/c1-8(6-15)7-16(2)12(17)9-3-4-10(13)11(14)5-9/h3-5,8H,7H2,1-2H3. The Hall–Kier alpha value is -1.60. The lowest BCUT2D eigenvalue weighted by molar-refractivity contribution is 0.0784. The molecule has 0 aliphatic heterocycles. The molecule has 17 heavy (non-hydrogen) atoms. The number of hydrogen-bond acceptors (Lipinski definition) is 2. The zero-order valence-corrected chi connectivity index (χ0v) is 10.3. The van der Waals surface area contributed by atoms with Crippen LogP contribution in [0, 0.1) is 23.1 Å². The predicted molar refractivity (Wildman–Crippen MR) is 63.1 cm³/mol. The number of hydrogen-bond donors (Lipinski definition) is 0. The molecule has 1 aromatic carbocycles. The van der Waals surface area contributed by atoms with Gasteiger partial charge < -0.3 is 4.90 Å². The SMILES string of the molecule is CC(C#N)CN(C)C(=O)c1ccc(Cl)c(F)c1. The van der Waals surface area contributed by atoms with Crippen molar-refractivity contribution in [3.05, 3.63) is 34.6 Å². The van der Waals surface area contributed by atoms with Crippen LogP contribution in [-0.4, -0.2) is 24.4 Å². The van der Waals surface area contributed by atoms with Gasteiger partial charge >= 0.3 is 0 Å². The van der Waals surface area contributed by atoms with Gasteiger partial charge in [-0.25, -0.2) is 4.39 Å². The molecular weight excluding hydrogens is 243 g/mol. The second-order valence-electron chi connectivity index (χ2n) is 3.84. The normalized spacial score (nSPS) is 11.7. The molecule has 0 saturated heterocycles. The minimum atomic E-state index is -0.626. The number of carbonyl (C=O) groups excluding carboxylic acids is 1. The summed E-state index contributed by atoms with van der Waals surface area (Å²) >= 11 is 5.53. The van der Waals surface area contributed by atoms with Crippen molar-refractivity contribution in [2.24, 2.45) is 5.92 Å². The van der Waals surface area contributed by atoms with E-state index in [-0.39, 0.29) is 22.4 Å². The van der Waals surface area contributed by atoms with E-state index >= 15 is 0 Å². The molecule has 1 atom stereocenters. The summed E-state index contributed by atoms with van der Waals surface area (Å²) in [5, 5.41) is 8.63. The zero-order valence-electron chi connectivity index (χ0n) is 9.58. The molecule has 0 fully saturated rings. The molecule has 0 N–H and O–H groups in total. The number of carbonyl (C=O) groups is 1. The Bertz CT molecular complexity index is 470. The predicted octanol–water partition coefficient (Wildman–Crippen LogP) is 2.71. The van der Waals surface area contributed by atoms with E-state index in [2.05, 4.69) is 0 Å². The fourth-order valence-electron chi connectivity index (χ4n) is 1.38. The fourth-order valence-corrected chi connectivity index (χ4v) is 1.50. The highest BCUT2D eigenvalue weighted by Crippen LogP contribution is 2.16. The molecule has 0 radical (unpaired) electrons. The molecule has 1 aromatic rings. The van der Waals surface area contributed by atoms with Crippen LogP contribution in [-0.2, 0) is 0 Å². The molecule has 3 nitrogen and oxygen atoms in total. The van der Waals surface area contributed by atoms with Gasteiger partial charge in [0, 0.05) is 19.2 Å². The summed E-state index contributed by atoms with van der Waals surface area (Å²) in [6.07, 6.45) is 0. The van der Waals surface area contributed by atoms with E-state index in [1.807, 2.05) is 6.07 Å². The van der Waals surface area contributed by atoms with Gasteiger partial charge in [0.1, 0.15) is 5.82 Å². The van der Waals surface area contributed by atoms with Crippen molar-refractivity contribution in [2.45, 2.75) is 6.92 Å². The summed E-state index contributed by atoms with van der Waals surface area (Å²) in [4.78, 5) is 13.3. The van der Waals surface area contributed by atoms with E-state index in [1.165, 1.54) is 17.0 Å². The van der Waals surface area contributed by atoms with Crippen molar-refractivity contribution in [1.82, 2.24) is 4.90 Å². The maximum Gasteiger partial charge on any atom is 0.253 e. The van der Waals surface area contributed by atoms with Crippen LogP contribution in [0.5, 0.6) is 0 Å². The zero-order chi connectivity index (χ0) is 13.0. The van der Waals surface area contributed by atoms with E-state index in [0.717, 1.165) is 6.07 Å². The van der Waals surface area contributed by atoms with Crippen molar-refractivity contribution in [3.8, 4) is 6.07 Å². The van der Waals surface area contributed by atoms with E-state index < -0.39 is 5.82 Å². The lowest BCUT2D eigenvalue weighted by Gasteiger charge is -2.18. The molecule has 1 unspecified atom stereocenters. The first-order chi connectivity index (χ1) is 7.95. The van der Waals surface area contributed by atoms with Gasteiger partial charge in [0.05, 0.1) is 17.0 Å². The number of halogens is 2. The van der Waals surface area contributed by atoms with Gasteiger partial charge in [-0.05, 0) is 25.1 Å². The van der Waals surface area contributed by atoms with Gasteiger partial charge in [0.15, 0.2) is 0 Å². The Morgan fingerprint density at radius 3 is 2.82 bits per heavy atom. The van der Waals surface area contributed by atoms with Crippen LogP contribution >= 0.6 is 11.6 Å². The highest BCUT2D eigenvalue weighted by Gasteiger charge is 2.15. The fraction of sp³-hybridized carbons (Fsp3) is 0.333. The monoisotopic (exact) mass is 254 g/mol. The van der Waals surface area contributed by atoms with Crippen LogP contribution in [0.25, 0.3) is 0 Å². The quantitative estimate of drug-likeness (QED) is 0.832. The molecule has 0 aliphatic rings. The van der Waals surface area contributed by atoms with Crippen molar-refractivity contribution < 1.29 is 9.18 Å². The van der Waals surface area contributed by atoms with Crippen molar-refractivity contribution in [2.75, 3.05) is 13.6 Å². The highest BCUT2D eigenvalue weighted by atomic mass is 35.5. The Morgan fingerprint density at radius 2 is 2.29 bits per heavy atom. The van der Waals surface area contributed by atoms with Crippen LogP contribution in [0.4, 0.5) is 4.39 Å². The largest absolute Gasteiger partial charge is 0.340 e. The number of nitrogens with zero attached hydrogens (tertiary/aromatic N) is 2. The Balaban J connectivity index is 2.82. The molecule has 0 aliphatic carbocycles. The third-order valence-corrected chi connectivity index (χ3v) is 2.59. The number of benzene rings is 1. The second kappa shape index (κ2) is 5.65. The second-order valence-corrected chi connectivity index (χ2v) is 4.25. The van der Waals surface area contributed by atoms with Gasteiger partial charge in [-0.15, -0.1) is 0 Å². The average Bonchev–Trinajstić information content (AvgIpc) is 2.31. The summed E-state index contributed by atoms with van der Waals surface area (Å²) in [5.74, 6) is -1.22. The van der Waals surface area contributed by atoms with Gasteiger partial charge in [-0.2, -0.15) is 5.26 Å². The van der Waals surface area contributed by atoms with E-state index in [0.29, 0.717) is 6.54 Å². The minimum absolute atomic E-state index is 0.0189. The first-order valence-corrected chi connectivity index (χ1v) is 5.43.